The first kappa shape index (κ1) is 21.8. The Morgan fingerprint density at radius 1 is 1.09 bits per heavy atom. The molecule has 8 heteroatoms. The van der Waals surface area contributed by atoms with E-state index in [0.717, 1.165) is 34.4 Å². The number of fused-ring (bicyclic) bond motifs is 5. The summed E-state index contributed by atoms with van der Waals surface area (Å²) in [5.74, 6) is -0.395. The maximum Gasteiger partial charge on any atom is 0.407 e. The summed E-state index contributed by atoms with van der Waals surface area (Å²) in [6.07, 6.45) is 0.114. The number of carbonyl (C=O) groups excluding carboxylic acids is 2. The zero-order chi connectivity index (χ0) is 22.9. The van der Waals surface area contributed by atoms with Gasteiger partial charge in [-0.25, -0.2) is 4.79 Å². The largest absolute Gasteiger partial charge is 0.481 e. The molecule has 0 saturated carbocycles. The fourth-order valence-corrected chi connectivity index (χ4v) is 6.61. The fraction of sp³-hybridized carbons (Fsp3) is 0.400. The molecule has 3 aliphatic rings. The molecule has 2 aliphatic heterocycles. The molecule has 2 heterocycles. The maximum atomic E-state index is 13.1. The Bertz CT molecular complexity index is 1040. The van der Waals surface area contributed by atoms with Crippen LogP contribution < -0.4 is 5.32 Å². The quantitative estimate of drug-likeness (QED) is 0.649. The van der Waals surface area contributed by atoms with Crippen LogP contribution in [0.3, 0.4) is 0 Å². The Hall–Kier alpha value is -3.00. The second-order valence-electron chi connectivity index (χ2n) is 8.79. The van der Waals surface area contributed by atoms with Crippen LogP contribution in [0.25, 0.3) is 11.1 Å². The number of nitrogens with one attached hydrogen (secondary N) is 1. The molecule has 2 aromatic carbocycles. The number of nitrogens with zero attached hydrogens (tertiary/aromatic N) is 1. The van der Waals surface area contributed by atoms with E-state index in [9.17, 15) is 14.4 Å². The summed E-state index contributed by atoms with van der Waals surface area (Å²) in [6, 6.07) is 15.4. The number of rotatable bonds is 7. The van der Waals surface area contributed by atoms with Gasteiger partial charge in [-0.05, 0) is 35.1 Å². The Morgan fingerprint density at radius 2 is 1.76 bits per heavy atom. The highest BCUT2D eigenvalue weighted by Crippen LogP contribution is 2.44. The van der Waals surface area contributed by atoms with Gasteiger partial charge in [0.05, 0.1) is 0 Å². The summed E-state index contributed by atoms with van der Waals surface area (Å²) < 4.78 is 5.58. The SMILES string of the molecule is O=C(O)CCC(NC(=O)OCC1c2ccccc2-c2ccccc21)C(=O)N1CC2CC1CS2. The first-order chi connectivity index (χ1) is 16.0. The standard InChI is InChI=1S/C25H26N2O5S/c28-23(29)10-9-22(24(30)27-12-16-11-15(27)14-33-16)26-25(31)32-13-21-19-7-3-1-5-17(19)18-6-2-4-8-20(18)21/h1-8,15-16,21-22H,9-14H2,(H,26,31)(H,28,29). The van der Waals surface area contributed by atoms with Crippen LogP contribution in [0.15, 0.2) is 48.5 Å². The van der Waals surface area contributed by atoms with Crippen molar-refractivity contribution in [3.63, 3.8) is 0 Å². The highest BCUT2D eigenvalue weighted by atomic mass is 32.2. The summed E-state index contributed by atoms with van der Waals surface area (Å²) in [5.41, 5.74) is 4.49. The maximum absolute atomic E-state index is 13.1. The molecule has 2 N–H and O–H groups in total. The van der Waals surface area contributed by atoms with Crippen molar-refractivity contribution in [1.29, 1.82) is 0 Å². The molecule has 5 rings (SSSR count). The molecule has 0 spiro atoms. The minimum absolute atomic E-state index is 0.0411. The van der Waals surface area contributed by atoms with E-state index in [1.165, 1.54) is 0 Å². The average Bonchev–Trinajstić information content (AvgIpc) is 3.53. The van der Waals surface area contributed by atoms with Crippen molar-refractivity contribution in [2.24, 2.45) is 0 Å². The van der Waals surface area contributed by atoms with Gasteiger partial charge in [0.25, 0.3) is 0 Å². The van der Waals surface area contributed by atoms with E-state index in [-0.39, 0.29) is 37.3 Å². The lowest BCUT2D eigenvalue weighted by Gasteiger charge is -2.30. The summed E-state index contributed by atoms with van der Waals surface area (Å²) in [5, 5.41) is 12.2. The molecule has 0 radical (unpaired) electrons. The van der Waals surface area contributed by atoms with E-state index in [1.807, 2.05) is 48.2 Å². The Kier molecular flexibility index (Phi) is 6.01. The van der Waals surface area contributed by atoms with E-state index >= 15 is 0 Å². The van der Waals surface area contributed by atoms with Crippen molar-refractivity contribution in [2.75, 3.05) is 18.9 Å². The molecular weight excluding hydrogens is 440 g/mol. The minimum atomic E-state index is -0.999. The molecule has 3 unspecified atom stereocenters. The molecule has 2 aromatic rings. The third-order valence-corrected chi connectivity index (χ3v) is 8.15. The molecule has 3 atom stereocenters. The molecule has 2 amide bonds. The third kappa shape index (κ3) is 4.31. The smallest absolute Gasteiger partial charge is 0.407 e. The molecule has 2 fully saturated rings. The topological polar surface area (TPSA) is 95.9 Å². The number of hydrogen-bond acceptors (Lipinski definition) is 5. The lowest BCUT2D eigenvalue weighted by atomic mass is 9.98. The number of alkyl carbamates (subject to hydrolysis) is 1. The molecule has 2 bridgehead atoms. The zero-order valence-corrected chi connectivity index (χ0v) is 18.9. The normalized spacial score (nSPS) is 21.4. The van der Waals surface area contributed by atoms with Gasteiger partial charge in [-0.1, -0.05) is 48.5 Å². The summed E-state index contributed by atoms with van der Waals surface area (Å²) in [7, 11) is 0. The lowest BCUT2D eigenvalue weighted by Crippen LogP contribution is -2.51. The minimum Gasteiger partial charge on any atom is -0.481 e. The van der Waals surface area contributed by atoms with E-state index in [2.05, 4.69) is 17.4 Å². The predicted molar refractivity (Wildman–Crippen MR) is 125 cm³/mol. The van der Waals surface area contributed by atoms with E-state index < -0.39 is 18.1 Å². The number of benzene rings is 2. The molecule has 2 saturated heterocycles. The molecule has 7 nitrogen and oxygen atoms in total. The van der Waals surface area contributed by atoms with Gasteiger partial charge >= 0.3 is 12.1 Å². The summed E-state index contributed by atoms with van der Waals surface area (Å²) in [6.45, 7) is 0.800. The van der Waals surface area contributed by atoms with Crippen LogP contribution in [-0.2, 0) is 14.3 Å². The molecule has 33 heavy (non-hydrogen) atoms. The van der Waals surface area contributed by atoms with Crippen LogP contribution in [-0.4, -0.2) is 64.2 Å². The van der Waals surface area contributed by atoms with Gasteiger partial charge in [-0.2, -0.15) is 11.8 Å². The van der Waals surface area contributed by atoms with Crippen molar-refractivity contribution in [1.82, 2.24) is 10.2 Å². The fourth-order valence-electron chi connectivity index (χ4n) is 5.18. The van der Waals surface area contributed by atoms with Gasteiger partial charge in [0, 0.05) is 35.9 Å². The second-order valence-corrected chi connectivity index (χ2v) is 10.1. The number of hydrogen-bond donors (Lipinski definition) is 2. The zero-order valence-electron chi connectivity index (χ0n) is 18.1. The summed E-state index contributed by atoms with van der Waals surface area (Å²) in [4.78, 5) is 38.8. The molecule has 172 valence electrons. The second kappa shape index (κ2) is 9.09. The van der Waals surface area contributed by atoms with Gasteiger partial charge < -0.3 is 20.1 Å². The van der Waals surface area contributed by atoms with Crippen molar-refractivity contribution < 1.29 is 24.2 Å². The number of carboxylic acids is 1. The van der Waals surface area contributed by atoms with Crippen LogP contribution in [0.5, 0.6) is 0 Å². The monoisotopic (exact) mass is 466 g/mol. The number of carbonyl (C=O) groups is 3. The van der Waals surface area contributed by atoms with Crippen LogP contribution in [0.4, 0.5) is 4.79 Å². The number of ether oxygens (including phenoxy) is 1. The average molecular weight is 467 g/mol. The third-order valence-electron chi connectivity index (χ3n) is 6.76. The van der Waals surface area contributed by atoms with E-state index in [4.69, 9.17) is 9.84 Å². The van der Waals surface area contributed by atoms with Crippen molar-refractivity contribution >= 4 is 29.7 Å². The van der Waals surface area contributed by atoms with E-state index in [1.54, 1.807) is 4.90 Å². The Balaban J connectivity index is 1.25. The van der Waals surface area contributed by atoms with Crippen molar-refractivity contribution in [3.05, 3.63) is 59.7 Å². The van der Waals surface area contributed by atoms with Crippen molar-refractivity contribution in [3.8, 4) is 11.1 Å². The number of carboxylic acid groups (broad SMARTS) is 1. The van der Waals surface area contributed by atoms with Crippen LogP contribution >= 0.6 is 11.8 Å². The highest BCUT2D eigenvalue weighted by molar-refractivity contribution is 8.00. The first-order valence-corrected chi connectivity index (χ1v) is 12.3. The highest BCUT2D eigenvalue weighted by Gasteiger charge is 2.43. The van der Waals surface area contributed by atoms with Gasteiger partial charge in [-0.15, -0.1) is 0 Å². The van der Waals surface area contributed by atoms with Crippen LogP contribution in [0, 0.1) is 0 Å². The van der Waals surface area contributed by atoms with Gasteiger partial charge in [-0.3, -0.25) is 9.59 Å². The van der Waals surface area contributed by atoms with Crippen molar-refractivity contribution in [2.45, 2.75) is 42.5 Å². The number of aliphatic carboxylic acids is 1. The Labute approximate surface area is 196 Å². The first-order valence-electron chi connectivity index (χ1n) is 11.3. The number of amides is 2. The number of likely N-dealkylation sites (tertiary alicyclic amines) is 1. The van der Waals surface area contributed by atoms with Crippen LogP contribution in [0.1, 0.15) is 36.3 Å². The summed E-state index contributed by atoms with van der Waals surface area (Å²) >= 11 is 1.87. The molecule has 1 aliphatic carbocycles. The molecular formula is C25H26N2O5S. The van der Waals surface area contributed by atoms with Gasteiger partial charge in [0.15, 0.2) is 0 Å². The number of thioether (sulfide) groups is 1. The predicted octanol–water partition coefficient (Wildman–Crippen LogP) is 3.47. The van der Waals surface area contributed by atoms with E-state index in [0.29, 0.717) is 11.8 Å². The van der Waals surface area contributed by atoms with Gasteiger partial charge in [0.1, 0.15) is 12.6 Å². The van der Waals surface area contributed by atoms with Gasteiger partial charge in [0.2, 0.25) is 5.91 Å². The Morgan fingerprint density at radius 3 is 2.33 bits per heavy atom. The lowest BCUT2D eigenvalue weighted by molar-refractivity contribution is -0.138. The van der Waals surface area contributed by atoms with Crippen LogP contribution in [0.2, 0.25) is 0 Å². The molecule has 0 aromatic heterocycles.